The van der Waals surface area contributed by atoms with Crippen molar-refractivity contribution in [3.05, 3.63) is 41.6 Å². The third-order valence-corrected chi connectivity index (χ3v) is 4.88. The van der Waals surface area contributed by atoms with Gasteiger partial charge in [0.2, 0.25) is 5.91 Å². The molecule has 3 rings (SSSR count). The number of benzene rings is 1. The molecule has 0 saturated carbocycles. The van der Waals surface area contributed by atoms with Crippen LogP contribution in [0.1, 0.15) is 25.3 Å². The largest absolute Gasteiger partial charge is 0.343 e. The summed E-state index contributed by atoms with van der Waals surface area (Å²) in [7, 11) is 0. The molecule has 0 aliphatic carbocycles. The first-order valence-corrected chi connectivity index (χ1v) is 9.30. The summed E-state index contributed by atoms with van der Waals surface area (Å²) >= 11 is 6.06. The van der Waals surface area contributed by atoms with Crippen LogP contribution in [0.15, 0.2) is 36.5 Å². The monoisotopic (exact) mass is 390 g/mol. The smallest absolute Gasteiger partial charge is 0.324 e. The van der Waals surface area contributed by atoms with Gasteiger partial charge in [-0.1, -0.05) is 23.7 Å². The second kappa shape index (κ2) is 8.88. The molecule has 4 N–H and O–H groups in total. The lowest BCUT2D eigenvalue weighted by Crippen LogP contribution is -2.40. The fraction of sp³-hybridized carbons (Fsp3) is 0.389. The number of nitrogens with one attached hydrogen (secondary N) is 2. The molecule has 144 valence electrons. The number of likely N-dealkylation sites (tertiary alicyclic amines) is 1. The predicted molar refractivity (Wildman–Crippen MR) is 105 cm³/mol. The molecule has 1 aromatic heterocycles. The number of hydrogen-bond acceptors (Lipinski definition) is 4. The van der Waals surface area contributed by atoms with Crippen molar-refractivity contribution in [1.82, 2.24) is 14.7 Å². The molecule has 1 saturated heterocycles. The van der Waals surface area contributed by atoms with Crippen molar-refractivity contribution in [2.75, 3.05) is 30.3 Å². The van der Waals surface area contributed by atoms with Gasteiger partial charge in [0.1, 0.15) is 5.82 Å². The number of carbonyl (C=O) groups excluding carboxylic acids is 2. The fourth-order valence-electron chi connectivity index (χ4n) is 3.18. The first-order chi connectivity index (χ1) is 13.1. The number of urea groups is 1. The minimum absolute atomic E-state index is 0.0916. The quantitative estimate of drug-likeness (QED) is 0.729. The molecule has 0 radical (unpaired) electrons. The molecular formula is C18H23ClN6O2. The van der Waals surface area contributed by atoms with E-state index in [4.69, 9.17) is 17.3 Å². The van der Waals surface area contributed by atoms with E-state index in [9.17, 15) is 9.59 Å². The second-order valence-corrected chi connectivity index (χ2v) is 6.78. The van der Waals surface area contributed by atoms with Crippen LogP contribution < -0.4 is 16.4 Å². The van der Waals surface area contributed by atoms with Crippen molar-refractivity contribution in [1.29, 1.82) is 0 Å². The minimum atomic E-state index is -0.389. The van der Waals surface area contributed by atoms with Gasteiger partial charge in [-0.25, -0.2) is 9.48 Å². The summed E-state index contributed by atoms with van der Waals surface area (Å²) in [5.41, 5.74) is 5.99. The van der Waals surface area contributed by atoms with Crippen LogP contribution in [0.2, 0.25) is 5.02 Å². The summed E-state index contributed by atoms with van der Waals surface area (Å²) in [4.78, 5) is 26.1. The van der Waals surface area contributed by atoms with Crippen LogP contribution in [-0.4, -0.2) is 46.3 Å². The van der Waals surface area contributed by atoms with E-state index in [1.54, 1.807) is 41.2 Å². The lowest BCUT2D eigenvalue weighted by molar-refractivity contribution is -0.132. The maximum Gasteiger partial charge on any atom is 0.324 e. The Labute approximate surface area is 162 Å². The number of rotatable bonds is 5. The number of anilines is 2. The van der Waals surface area contributed by atoms with E-state index in [1.165, 1.54) is 0 Å². The van der Waals surface area contributed by atoms with Crippen molar-refractivity contribution in [2.24, 2.45) is 5.73 Å². The Morgan fingerprint density at radius 2 is 1.93 bits per heavy atom. The van der Waals surface area contributed by atoms with E-state index >= 15 is 0 Å². The third-order valence-electron chi connectivity index (χ3n) is 4.56. The van der Waals surface area contributed by atoms with Crippen molar-refractivity contribution >= 4 is 35.0 Å². The molecule has 8 nitrogen and oxygen atoms in total. The van der Waals surface area contributed by atoms with E-state index in [1.807, 2.05) is 4.90 Å². The minimum Gasteiger partial charge on any atom is -0.343 e. The van der Waals surface area contributed by atoms with Crippen LogP contribution in [0.3, 0.4) is 0 Å². The highest BCUT2D eigenvalue weighted by molar-refractivity contribution is 6.33. The van der Waals surface area contributed by atoms with Gasteiger partial charge in [0.25, 0.3) is 0 Å². The SMILES string of the molecule is NCCC(=O)N1CCC(n2nccc2NC(=O)Nc2ccccc2Cl)CC1. The number of aromatic nitrogens is 2. The third kappa shape index (κ3) is 4.78. The second-order valence-electron chi connectivity index (χ2n) is 6.37. The van der Waals surface area contributed by atoms with Crippen molar-refractivity contribution in [3.63, 3.8) is 0 Å². The van der Waals surface area contributed by atoms with Crippen molar-refractivity contribution in [3.8, 4) is 0 Å². The highest BCUT2D eigenvalue weighted by Gasteiger charge is 2.25. The standard InChI is InChI=1S/C18H23ClN6O2/c19-14-3-1-2-4-15(14)22-18(27)23-16-6-10-21-25(16)13-7-11-24(12-8-13)17(26)5-9-20/h1-4,6,10,13H,5,7-9,11-12,20H2,(H2,22,23,27). The normalized spacial score (nSPS) is 14.8. The van der Waals surface area contributed by atoms with E-state index in [2.05, 4.69) is 15.7 Å². The molecule has 0 unspecified atom stereocenters. The fourth-order valence-corrected chi connectivity index (χ4v) is 3.36. The maximum atomic E-state index is 12.3. The molecule has 1 aliphatic heterocycles. The molecule has 27 heavy (non-hydrogen) atoms. The molecule has 3 amide bonds. The lowest BCUT2D eigenvalue weighted by Gasteiger charge is -2.32. The average Bonchev–Trinajstić information content (AvgIpc) is 3.12. The molecule has 1 aliphatic rings. The van der Waals surface area contributed by atoms with Gasteiger partial charge in [-0.2, -0.15) is 5.10 Å². The zero-order chi connectivity index (χ0) is 19.2. The summed E-state index contributed by atoms with van der Waals surface area (Å²) in [5.74, 6) is 0.695. The van der Waals surface area contributed by atoms with Crippen LogP contribution in [-0.2, 0) is 4.79 Å². The van der Waals surface area contributed by atoms with Gasteiger partial charge >= 0.3 is 6.03 Å². The molecule has 2 aromatic rings. The summed E-state index contributed by atoms with van der Waals surface area (Å²) in [6.07, 6.45) is 3.58. The molecule has 2 heterocycles. The Balaban J connectivity index is 1.59. The Morgan fingerprint density at radius 3 is 2.63 bits per heavy atom. The molecule has 0 atom stereocenters. The van der Waals surface area contributed by atoms with Crippen LogP contribution in [0.25, 0.3) is 0 Å². The number of amides is 3. The van der Waals surface area contributed by atoms with E-state index in [0.29, 0.717) is 42.6 Å². The first kappa shape index (κ1) is 19.2. The maximum absolute atomic E-state index is 12.3. The summed E-state index contributed by atoms with van der Waals surface area (Å²) in [5, 5.41) is 10.4. The van der Waals surface area contributed by atoms with Gasteiger partial charge < -0.3 is 16.0 Å². The molecule has 0 spiro atoms. The average molecular weight is 391 g/mol. The van der Waals surface area contributed by atoms with Gasteiger partial charge in [0, 0.05) is 32.1 Å². The molecule has 1 aromatic carbocycles. The number of carbonyl (C=O) groups is 2. The van der Waals surface area contributed by atoms with Gasteiger partial charge in [-0.3, -0.25) is 10.1 Å². The van der Waals surface area contributed by atoms with Crippen LogP contribution in [0.4, 0.5) is 16.3 Å². The molecule has 0 bridgehead atoms. The van der Waals surface area contributed by atoms with E-state index < -0.39 is 0 Å². The Morgan fingerprint density at radius 1 is 1.19 bits per heavy atom. The van der Waals surface area contributed by atoms with Crippen molar-refractivity contribution < 1.29 is 9.59 Å². The van der Waals surface area contributed by atoms with Gasteiger partial charge in [-0.05, 0) is 25.0 Å². The summed E-state index contributed by atoms with van der Waals surface area (Å²) < 4.78 is 1.80. The number of para-hydroxylation sites is 1. The molecule has 1 fully saturated rings. The Hall–Kier alpha value is -2.58. The highest BCUT2D eigenvalue weighted by atomic mass is 35.5. The van der Waals surface area contributed by atoms with Crippen LogP contribution >= 0.6 is 11.6 Å². The number of hydrogen-bond donors (Lipinski definition) is 3. The molecule has 9 heteroatoms. The predicted octanol–water partition coefficient (Wildman–Crippen LogP) is 2.69. The molecular weight excluding hydrogens is 368 g/mol. The van der Waals surface area contributed by atoms with Crippen LogP contribution in [0.5, 0.6) is 0 Å². The lowest BCUT2D eigenvalue weighted by atomic mass is 10.0. The number of nitrogens with two attached hydrogens (primary N) is 1. The topological polar surface area (TPSA) is 105 Å². The Bertz CT molecular complexity index is 801. The Kier molecular flexibility index (Phi) is 6.31. The van der Waals surface area contributed by atoms with Crippen LogP contribution in [0, 0.1) is 0 Å². The van der Waals surface area contributed by atoms with Gasteiger partial charge in [-0.15, -0.1) is 0 Å². The summed E-state index contributed by atoms with van der Waals surface area (Å²) in [6, 6.07) is 8.52. The highest BCUT2D eigenvalue weighted by Crippen LogP contribution is 2.26. The van der Waals surface area contributed by atoms with E-state index in [-0.39, 0.29) is 18.0 Å². The number of nitrogens with zero attached hydrogens (tertiary/aromatic N) is 3. The van der Waals surface area contributed by atoms with E-state index in [0.717, 1.165) is 12.8 Å². The number of piperidine rings is 1. The first-order valence-electron chi connectivity index (χ1n) is 8.92. The number of halogens is 1. The summed E-state index contributed by atoms with van der Waals surface area (Å²) in [6.45, 7) is 1.69. The van der Waals surface area contributed by atoms with Gasteiger partial charge in [0.15, 0.2) is 0 Å². The zero-order valence-corrected chi connectivity index (χ0v) is 15.7. The van der Waals surface area contributed by atoms with Gasteiger partial charge in [0.05, 0.1) is 22.9 Å². The van der Waals surface area contributed by atoms with Crippen molar-refractivity contribution in [2.45, 2.75) is 25.3 Å². The zero-order valence-electron chi connectivity index (χ0n) is 14.9.